The first kappa shape index (κ1) is 38.5. The summed E-state index contributed by atoms with van der Waals surface area (Å²) in [6, 6.07) is -3.48. The summed E-state index contributed by atoms with van der Waals surface area (Å²) in [5, 5.41) is 11.5. The number of likely N-dealkylation sites (tertiary alicyclic amines) is 1. The minimum absolute atomic E-state index is 0.00504. The molecule has 0 spiro atoms. The van der Waals surface area contributed by atoms with E-state index in [1.54, 1.807) is 11.9 Å². The van der Waals surface area contributed by atoms with E-state index in [0.29, 0.717) is 32.2 Å². The van der Waals surface area contributed by atoms with Crippen LogP contribution in [0.25, 0.3) is 0 Å². The normalized spacial score (nSPS) is 26.7. The zero-order valence-corrected chi connectivity index (χ0v) is 31.9. The van der Waals surface area contributed by atoms with Crippen molar-refractivity contribution in [2.75, 3.05) is 19.3 Å². The molecule has 5 atom stereocenters. The second kappa shape index (κ2) is 14.4. The van der Waals surface area contributed by atoms with E-state index in [0.717, 1.165) is 51.4 Å². The lowest BCUT2D eigenvalue weighted by molar-refractivity contribution is -0.145. The molecule has 0 aromatic carbocycles. The number of nitrogens with one attached hydrogen (secondary N) is 4. The Morgan fingerprint density at radius 3 is 2.16 bits per heavy atom. The Hall–Kier alpha value is -2.74. The highest BCUT2D eigenvalue weighted by Crippen LogP contribution is 2.65. The van der Waals surface area contributed by atoms with E-state index in [2.05, 4.69) is 35.1 Å². The number of amides is 5. The zero-order chi connectivity index (χ0) is 36.8. The third kappa shape index (κ3) is 8.48. The highest BCUT2D eigenvalue weighted by molar-refractivity contribution is 7.89. The molecule has 0 aromatic rings. The first-order valence-electron chi connectivity index (χ1n) is 18.8. The fourth-order valence-electron chi connectivity index (χ4n) is 8.26. The van der Waals surface area contributed by atoms with Gasteiger partial charge in [0.1, 0.15) is 12.1 Å². The van der Waals surface area contributed by atoms with Gasteiger partial charge in [0, 0.05) is 25.7 Å². The number of unbranched alkanes of at least 4 members (excludes halogenated alkanes) is 1. The molecule has 282 valence electrons. The summed E-state index contributed by atoms with van der Waals surface area (Å²) >= 11 is 0. The Bertz CT molecular complexity index is 1440. The van der Waals surface area contributed by atoms with E-state index in [4.69, 9.17) is 0 Å². The van der Waals surface area contributed by atoms with Crippen LogP contribution in [0.5, 0.6) is 0 Å². The SMILES string of the molecule is CCCCC(NC(=O)C1C2C(CN1C(=O)C(NC(=O)NC1(CS(=O)(=O)N(C)C3CC3)CCCCC1)C(C)(C)C)C2(C)C)C(=O)C(=O)NC1CC1. The second-order valence-electron chi connectivity index (χ2n) is 17.4. The Kier molecular flexibility index (Phi) is 11.0. The van der Waals surface area contributed by atoms with Gasteiger partial charge < -0.3 is 26.2 Å². The van der Waals surface area contributed by atoms with E-state index < -0.39 is 68.6 Å². The van der Waals surface area contributed by atoms with Gasteiger partial charge in [-0.1, -0.05) is 73.6 Å². The lowest BCUT2D eigenvalue weighted by atomic mass is 9.83. The number of urea groups is 1. The standard InChI is InChI=1S/C36H60N6O7S/c1-8-9-13-25(28(43)31(45)37-22-14-15-22)38-30(44)27-26-24(35(26,5)6)20-42(27)32(46)29(34(2,3)4)39-33(47)40-36(18-11-10-12-19-36)21-50(48,49)41(7)23-16-17-23/h22-27,29H,8-21H2,1-7H3,(H,37,45)(H,38,44)(H2,39,40,47). The number of sulfonamides is 1. The Labute approximate surface area is 298 Å². The summed E-state index contributed by atoms with van der Waals surface area (Å²) in [5.41, 5.74) is -1.90. The lowest BCUT2D eigenvalue weighted by Crippen LogP contribution is -2.64. The number of rotatable bonds is 15. The first-order chi connectivity index (χ1) is 23.3. The molecule has 4 saturated carbocycles. The van der Waals surface area contributed by atoms with Gasteiger partial charge in [0.25, 0.3) is 5.91 Å². The quantitative estimate of drug-likeness (QED) is 0.188. The van der Waals surface area contributed by atoms with Gasteiger partial charge in [-0.05, 0) is 67.6 Å². The Balaban J connectivity index is 1.32. The number of carbonyl (C=O) groups is 5. The number of hydrogen-bond acceptors (Lipinski definition) is 7. The maximum Gasteiger partial charge on any atom is 0.315 e. The monoisotopic (exact) mass is 720 g/mol. The van der Waals surface area contributed by atoms with Crippen LogP contribution >= 0.6 is 0 Å². The van der Waals surface area contributed by atoms with E-state index in [1.165, 1.54) is 4.31 Å². The molecular weight excluding hydrogens is 660 g/mol. The molecule has 4 N–H and O–H groups in total. The molecule has 50 heavy (non-hydrogen) atoms. The van der Waals surface area contributed by atoms with Crippen molar-refractivity contribution in [2.24, 2.45) is 22.7 Å². The van der Waals surface area contributed by atoms with Crippen molar-refractivity contribution < 1.29 is 32.4 Å². The van der Waals surface area contributed by atoms with Crippen LogP contribution in [0.4, 0.5) is 4.79 Å². The molecule has 13 nitrogen and oxygen atoms in total. The van der Waals surface area contributed by atoms with Crippen LogP contribution in [0.15, 0.2) is 0 Å². The number of fused-ring (bicyclic) bond motifs is 1. The van der Waals surface area contributed by atoms with Crippen LogP contribution in [0.3, 0.4) is 0 Å². The van der Waals surface area contributed by atoms with Crippen LogP contribution in [-0.2, 0) is 29.2 Å². The van der Waals surface area contributed by atoms with Crippen molar-refractivity contribution in [1.82, 2.24) is 30.5 Å². The molecule has 1 saturated heterocycles. The molecule has 0 aromatic heterocycles. The molecule has 5 rings (SSSR count). The van der Waals surface area contributed by atoms with Gasteiger partial charge in [0.05, 0.1) is 17.3 Å². The minimum Gasteiger partial charge on any atom is -0.347 e. The van der Waals surface area contributed by atoms with Crippen LogP contribution in [0.1, 0.15) is 119 Å². The van der Waals surface area contributed by atoms with Gasteiger partial charge in [-0.3, -0.25) is 19.2 Å². The van der Waals surface area contributed by atoms with Gasteiger partial charge in [0.2, 0.25) is 27.6 Å². The summed E-state index contributed by atoms with van der Waals surface area (Å²) < 4.78 is 28.2. The second-order valence-corrected chi connectivity index (χ2v) is 19.5. The summed E-state index contributed by atoms with van der Waals surface area (Å²) in [4.78, 5) is 69.8. The van der Waals surface area contributed by atoms with Gasteiger partial charge in [0.15, 0.2) is 0 Å². The number of piperidine rings is 1. The van der Waals surface area contributed by atoms with E-state index in [9.17, 15) is 32.4 Å². The molecule has 5 aliphatic rings. The number of nitrogens with zero attached hydrogens (tertiary/aromatic N) is 2. The molecule has 5 amide bonds. The third-order valence-electron chi connectivity index (χ3n) is 11.9. The van der Waals surface area contributed by atoms with Gasteiger partial charge >= 0.3 is 6.03 Å². The largest absolute Gasteiger partial charge is 0.347 e. The zero-order valence-electron chi connectivity index (χ0n) is 31.1. The molecule has 0 bridgehead atoms. The number of Topliss-reactive ketones (excluding diaryl/α,β-unsaturated/α-hetero) is 1. The fraction of sp³-hybridized carbons (Fsp3) is 0.861. The topological polar surface area (TPSA) is 174 Å². The molecule has 1 heterocycles. The first-order valence-corrected chi connectivity index (χ1v) is 20.4. The van der Waals surface area contributed by atoms with Crippen molar-refractivity contribution in [1.29, 1.82) is 0 Å². The third-order valence-corrected chi connectivity index (χ3v) is 14.0. The van der Waals surface area contributed by atoms with Gasteiger partial charge in [-0.25, -0.2) is 17.5 Å². The van der Waals surface area contributed by atoms with Crippen molar-refractivity contribution >= 4 is 39.6 Å². The molecule has 5 fully saturated rings. The summed E-state index contributed by atoms with van der Waals surface area (Å²) in [6.45, 7) is 12.0. The van der Waals surface area contributed by atoms with Gasteiger partial charge in [-0.2, -0.15) is 0 Å². The van der Waals surface area contributed by atoms with Crippen LogP contribution in [0, 0.1) is 22.7 Å². The van der Waals surface area contributed by atoms with E-state index in [1.807, 2.05) is 27.7 Å². The van der Waals surface area contributed by atoms with Crippen molar-refractivity contribution in [3.63, 3.8) is 0 Å². The average molecular weight is 721 g/mol. The van der Waals surface area contributed by atoms with Gasteiger partial charge in [-0.15, -0.1) is 0 Å². The van der Waals surface area contributed by atoms with E-state index >= 15 is 0 Å². The molecule has 4 aliphatic carbocycles. The predicted octanol–water partition coefficient (Wildman–Crippen LogP) is 2.83. The van der Waals surface area contributed by atoms with Crippen LogP contribution in [0.2, 0.25) is 0 Å². The molecule has 1 aliphatic heterocycles. The lowest BCUT2D eigenvalue weighted by Gasteiger charge is -2.41. The molecule has 14 heteroatoms. The number of carbonyl (C=O) groups excluding carboxylic acids is 5. The maximum absolute atomic E-state index is 14.5. The average Bonchev–Trinajstić information content (AvgIpc) is 3.98. The van der Waals surface area contributed by atoms with Crippen molar-refractivity contribution in [2.45, 2.75) is 154 Å². The molecular formula is C36H60N6O7S. The number of ketones is 1. The number of hydrogen-bond donors (Lipinski definition) is 4. The minimum atomic E-state index is -3.62. The smallest absolute Gasteiger partial charge is 0.315 e. The predicted molar refractivity (Wildman–Crippen MR) is 189 cm³/mol. The molecule has 5 unspecified atom stereocenters. The highest BCUT2D eigenvalue weighted by atomic mass is 32.2. The Morgan fingerprint density at radius 2 is 1.60 bits per heavy atom. The fourth-order valence-corrected chi connectivity index (χ4v) is 10.2. The molecule has 0 radical (unpaired) electrons. The highest BCUT2D eigenvalue weighted by Gasteiger charge is 2.70. The van der Waals surface area contributed by atoms with Crippen LogP contribution < -0.4 is 21.3 Å². The summed E-state index contributed by atoms with van der Waals surface area (Å²) in [7, 11) is -2.02. The van der Waals surface area contributed by atoms with Crippen LogP contribution in [-0.4, -0.2) is 102 Å². The Morgan fingerprint density at radius 1 is 0.960 bits per heavy atom. The van der Waals surface area contributed by atoms with Crippen molar-refractivity contribution in [3.8, 4) is 0 Å². The van der Waals surface area contributed by atoms with Crippen molar-refractivity contribution in [3.05, 3.63) is 0 Å². The summed E-state index contributed by atoms with van der Waals surface area (Å²) in [5.74, 6) is -2.50. The maximum atomic E-state index is 14.5. The van der Waals surface area contributed by atoms with E-state index in [-0.39, 0.29) is 35.1 Å². The summed E-state index contributed by atoms with van der Waals surface area (Å²) in [6.07, 6.45) is 8.67.